The highest BCUT2D eigenvalue weighted by Crippen LogP contribution is 2.28. The number of rotatable bonds is 1. The smallest absolute Gasteiger partial charge is 0.120 e. The highest BCUT2D eigenvalue weighted by Gasteiger charge is 2.08. The number of fused-ring (bicyclic) bond motifs is 2. The molecule has 2 heteroatoms. The molecule has 0 spiro atoms. The zero-order chi connectivity index (χ0) is 22.0. The van der Waals surface area contributed by atoms with E-state index in [0.29, 0.717) is 0 Å². The van der Waals surface area contributed by atoms with E-state index >= 15 is 0 Å². The predicted octanol–water partition coefficient (Wildman–Crippen LogP) is 5.58. The quantitative estimate of drug-likeness (QED) is 0.419. The van der Waals surface area contributed by atoms with Crippen LogP contribution >= 0.6 is 0 Å². The van der Waals surface area contributed by atoms with Gasteiger partial charge in [-0.3, -0.25) is 0 Å². The van der Waals surface area contributed by atoms with E-state index in [-0.39, 0.29) is 0 Å². The van der Waals surface area contributed by atoms with Gasteiger partial charge in [-0.2, -0.15) is 0 Å². The molecule has 2 nitrogen and oxygen atoms in total. The van der Waals surface area contributed by atoms with Crippen molar-refractivity contribution in [1.29, 1.82) is 0 Å². The molecule has 0 amide bonds. The Morgan fingerprint density at radius 3 is 1.52 bits per heavy atom. The summed E-state index contributed by atoms with van der Waals surface area (Å²) in [4.78, 5) is 2.13. The summed E-state index contributed by atoms with van der Waals surface area (Å²) in [6.07, 6.45) is 0. The Labute approximate surface area is 184 Å². The molecule has 0 saturated carbocycles. The molecule has 0 aromatic heterocycles. The summed E-state index contributed by atoms with van der Waals surface area (Å²) in [6, 6.07) is 24.7. The molecule has 0 aliphatic heterocycles. The van der Waals surface area contributed by atoms with Crippen LogP contribution < -0.4 is 4.90 Å². The minimum absolute atomic E-state index is 0.893. The van der Waals surface area contributed by atoms with Crippen LogP contribution in [0.3, 0.4) is 0 Å². The summed E-state index contributed by atoms with van der Waals surface area (Å²) in [5.74, 6) is 12.8. The minimum atomic E-state index is -1.03. The van der Waals surface area contributed by atoms with Gasteiger partial charge in [0.2, 0.25) is 0 Å². The second-order valence-corrected chi connectivity index (χ2v) is 8.34. The van der Waals surface area contributed by atoms with Gasteiger partial charge >= 0.3 is 0 Å². The second kappa shape index (κ2) is 8.19. The molecule has 4 rings (SSSR count). The minimum Gasteiger partial charge on any atom is -0.378 e. The standard InChI is InChI=1S/C29H25NO/c1-29(2,31)20-19-23-11-6-12-24-21(9-5-13-25(23)24)17-18-22-10-7-15-27-26(22)14-8-16-28(27)30(3)4/h5-16,31H,1-4H3. The van der Waals surface area contributed by atoms with Crippen molar-refractivity contribution >= 4 is 27.2 Å². The molecular weight excluding hydrogens is 378 g/mol. The lowest BCUT2D eigenvalue weighted by molar-refractivity contribution is 0.143. The first-order valence-corrected chi connectivity index (χ1v) is 10.3. The zero-order valence-electron chi connectivity index (χ0n) is 18.3. The van der Waals surface area contributed by atoms with E-state index in [1.807, 2.05) is 24.3 Å². The van der Waals surface area contributed by atoms with Crippen LogP contribution in [0, 0.1) is 23.7 Å². The Morgan fingerprint density at radius 1 is 0.613 bits per heavy atom. The van der Waals surface area contributed by atoms with Crippen LogP contribution in [0.4, 0.5) is 5.69 Å². The van der Waals surface area contributed by atoms with Crippen molar-refractivity contribution < 1.29 is 5.11 Å². The molecule has 4 aromatic carbocycles. The molecule has 0 bridgehead atoms. The van der Waals surface area contributed by atoms with Gasteiger partial charge in [-0.15, -0.1) is 0 Å². The first kappa shape index (κ1) is 20.5. The van der Waals surface area contributed by atoms with Crippen molar-refractivity contribution in [3.63, 3.8) is 0 Å². The number of benzene rings is 4. The Morgan fingerprint density at radius 2 is 1.03 bits per heavy atom. The number of hydrogen-bond acceptors (Lipinski definition) is 2. The van der Waals surface area contributed by atoms with E-state index < -0.39 is 5.60 Å². The zero-order valence-corrected chi connectivity index (χ0v) is 18.3. The molecule has 0 heterocycles. The van der Waals surface area contributed by atoms with Crippen LogP contribution in [0.25, 0.3) is 21.5 Å². The van der Waals surface area contributed by atoms with Gasteiger partial charge in [0.05, 0.1) is 0 Å². The van der Waals surface area contributed by atoms with Gasteiger partial charge in [-0.1, -0.05) is 72.2 Å². The maximum absolute atomic E-state index is 9.96. The van der Waals surface area contributed by atoms with Gasteiger partial charge in [-0.25, -0.2) is 0 Å². The lowest BCUT2D eigenvalue weighted by atomic mass is 9.99. The van der Waals surface area contributed by atoms with Gasteiger partial charge in [0.1, 0.15) is 5.60 Å². The van der Waals surface area contributed by atoms with Gasteiger partial charge in [0, 0.05) is 41.9 Å². The highest BCUT2D eigenvalue weighted by molar-refractivity contribution is 5.98. The largest absolute Gasteiger partial charge is 0.378 e. The second-order valence-electron chi connectivity index (χ2n) is 8.34. The molecule has 0 unspecified atom stereocenters. The SMILES string of the molecule is CN(C)c1cccc2c(C#Cc3cccc4c(C#CC(C)(C)O)cccc34)cccc12. The van der Waals surface area contributed by atoms with Crippen molar-refractivity contribution in [1.82, 2.24) is 0 Å². The first-order valence-electron chi connectivity index (χ1n) is 10.3. The van der Waals surface area contributed by atoms with E-state index in [1.54, 1.807) is 13.8 Å². The maximum Gasteiger partial charge on any atom is 0.120 e. The molecule has 0 atom stereocenters. The molecule has 1 N–H and O–H groups in total. The van der Waals surface area contributed by atoms with Crippen molar-refractivity contribution in [3.05, 3.63) is 89.5 Å². The van der Waals surface area contributed by atoms with Crippen molar-refractivity contribution in [3.8, 4) is 23.7 Å². The Balaban J connectivity index is 1.83. The molecule has 4 aromatic rings. The van der Waals surface area contributed by atoms with E-state index in [1.165, 1.54) is 11.1 Å². The number of hydrogen-bond donors (Lipinski definition) is 1. The molecule has 31 heavy (non-hydrogen) atoms. The van der Waals surface area contributed by atoms with Gasteiger partial charge < -0.3 is 10.0 Å². The molecule has 0 radical (unpaired) electrons. The lowest BCUT2D eigenvalue weighted by Crippen LogP contribution is -2.14. The van der Waals surface area contributed by atoms with Crippen LogP contribution in [-0.4, -0.2) is 24.8 Å². The third-order valence-electron chi connectivity index (χ3n) is 5.14. The summed E-state index contributed by atoms with van der Waals surface area (Å²) in [6.45, 7) is 3.38. The predicted molar refractivity (Wildman–Crippen MR) is 131 cm³/mol. The van der Waals surface area contributed by atoms with E-state index in [2.05, 4.69) is 91.2 Å². The van der Waals surface area contributed by atoms with Gasteiger partial charge in [0.15, 0.2) is 0 Å². The molecule has 0 aliphatic rings. The Bertz CT molecular complexity index is 1400. The highest BCUT2D eigenvalue weighted by atomic mass is 16.3. The van der Waals surface area contributed by atoms with Crippen LogP contribution in [0.2, 0.25) is 0 Å². The van der Waals surface area contributed by atoms with Gasteiger partial charge in [-0.05, 0) is 54.3 Å². The summed E-state index contributed by atoms with van der Waals surface area (Å²) in [7, 11) is 4.11. The monoisotopic (exact) mass is 403 g/mol. The fraction of sp³-hybridized carbons (Fsp3) is 0.172. The van der Waals surface area contributed by atoms with E-state index in [4.69, 9.17) is 0 Å². The number of aliphatic hydroxyl groups is 1. The number of anilines is 1. The number of nitrogens with zero attached hydrogens (tertiary/aromatic N) is 1. The van der Waals surface area contributed by atoms with Crippen LogP contribution in [0.5, 0.6) is 0 Å². The lowest BCUT2D eigenvalue weighted by Gasteiger charge is -2.15. The third-order valence-corrected chi connectivity index (χ3v) is 5.14. The molecule has 0 saturated heterocycles. The summed E-state index contributed by atoms with van der Waals surface area (Å²) >= 11 is 0. The Hall–Kier alpha value is -3.72. The fourth-order valence-corrected chi connectivity index (χ4v) is 3.68. The third kappa shape index (κ3) is 4.41. The summed E-state index contributed by atoms with van der Waals surface area (Å²) in [5, 5.41) is 14.4. The van der Waals surface area contributed by atoms with Crippen molar-refractivity contribution in [2.24, 2.45) is 0 Å². The fourth-order valence-electron chi connectivity index (χ4n) is 3.68. The van der Waals surface area contributed by atoms with Crippen molar-refractivity contribution in [2.75, 3.05) is 19.0 Å². The topological polar surface area (TPSA) is 23.5 Å². The maximum atomic E-state index is 9.96. The molecule has 0 fully saturated rings. The normalized spacial score (nSPS) is 10.9. The van der Waals surface area contributed by atoms with Crippen LogP contribution in [0.15, 0.2) is 72.8 Å². The van der Waals surface area contributed by atoms with Crippen LogP contribution in [-0.2, 0) is 0 Å². The van der Waals surface area contributed by atoms with Crippen molar-refractivity contribution in [2.45, 2.75) is 19.4 Å². The molecular formula is C29H25NO. The summed E-state index contributed by atoms with van der Waals surface area (Å²) < 4.78 is 0. The Kier molecular flexibility index (Phi) is 5.43. The van der Waals surface area contributed by atoms with Gasteiger partial charge in [0.25, 0.3) is 0 Å². The van der Waals surface area contributed by atoms with E-state index in [0.717, 1.165) is 32.8 Å². The first-order chi connectivity index (χ1) is 14.8. The molecule has 152 valence electrons. The molecule has 0 aliphatic carbocycles. The van der Waals surface area contributed by atoms with E-state index in [9.17, 15) is 5.11 Å². The average molecular weight is 404 g/mol. The average Bonchev–Trinajstić information content (AvgIpc) is 2.75. The van der Waals surface area contributed by atoms with Crippen LogP contribution in [0.1, 0.15) is 30.5 Å². The summed E-state index contributed by atoms with van der Waals surface area (Å²) in [5.41, 5.74) is 3.02.